The van der Waals surface area contributed by atoms with Crippen LogP contribution in [0.5, 0.6) is 0 Å². The number of aromatic nitrogens is 2. The predicted octanol–water partition coefficient (Wildman–Crippen LogP) is 3.52. The SMILES string of the molecule is CNC(=O)c1ccsc1Nc1nc(Nc2ccc(N3CCN(CCO)CC3)cc2)ncc1C(F)(F)F. The van der Waals surface area contributed by atoms with Crippen LogP contribution in [0.15, 0.2) is 41.9 Å². The zero-order valence-corrected chi connectivity index (χ0v) is 20.3. The Morgan fingerprint density at radius 3 is 2.47 bits per heavy atom. The second-order valence-corrected chi connectivity index (χ2v) is 8.96. The molecular formula is C23H26F3N7O2S. The molecule has 0 radical (unpaired) electrons. The number of carbonyl (C=O) groups excluding carboxylic acids is 1. The fourth-order valence-corrected chi connectivity index (χ4v) is 4.61. The molecular weight excluding hydrogens is 495 g/mol. The van der Waals surface area contributed by atoms with Crippen LogP contribution in [-0.2, 0) is 6.18 Å². The molecule has 1 aromatic carbocycles. The molecule has 192 valence electrons. The number of thiophene rings is 1. The molecule has 3 heterocycles. The average molecular weight is 522 g/mol. The number of β-amino-alcohol motifs (C(OH)–C–C–N with tert-alkyl or cyclic N) is 1. The van der Waals surface area contributed by atoms with Gasteiger partial charge in [0, 0.05) is 57.3 Å². The molecule has 0 bridgehead atoms. The van der Waals surface area contributed by atoms with Gasteiger partial charge >= 0.3 is 6.18 Å². The summed E-state index contributed by atoms with van der Waals surface area (Å²) in [7, 11) is 1.44. The Labute approximate surface area is 210 Å². The van der Waals surface area contributed by atoms with Gasteiger partial charge < -0.3 is 26.0 Å². The molecule has 1 saturated heterocycles. The molecule has 13 heteroatoms. The molecule has 0 unspecified atom stereocenters. The number of benzene rings is 1. The largest absolute Gasteiger partial charge is 0.421 e. The third kappa shape index (κ3) is 6.04. The van der Waals surface area contributed by atoms with Crippen molar-refractivity contribution in [1.29, 1.82) is 0 Å². The first-order chi connectivity index (χ1) is 17.3. The third-order valence-corrected chi connectivity index (χ3v) is 6.57. The van der Waals surface area contributed by atoms with E-state index in [1.165, 1.54) is 13.1 Å². The van der Waals surface area contributed by atoms with Gasteiger partial charge in [0.25, 0.3) is 5.91 Å². The summed E-state index contributed by atoms with van der Waals surface area (Å²) in [6, 6.07) is 9.00. The van der Waals surface area contributed by atoms with Crippen molar-refractivity contribution in [3.63, 3.8) is 0 Å². The minimum atomic E-state index is -4.69. The molecule has 0 spiro atoms. The number of hydrogen-bond acceptors (Lipinski definition) is 9. The number of amides is 1. The van der Waals surface area contributed by atoms with E-state index in [9.17, 15) is 18.0 Å². The summed E-state index contributed by atoms with van der Waals surface area (Å²) in [5.41, 5.74) is 0.821. The zero-order valence-electron chi connectivity index (χ0n) is 19.5. The number of rotatable bonds is 8. The van der Waals surface area contributed by atoms with E-state index in [0.717, 1.165) is 43.2 Å². The normalized spacial score (nSPS) is 14.5. The number of anilines is 5. The van der Waals surface area contributed by atoms with Crippen molar-refractivity contribution >= 4 is 45.4 Å². The van der Waals surface area contributed by atoms with Crippen molar-refractivity contribution < 1.29 is 23.1 Å². The maximum Gasteiger partial charge on any atom is 0.421 e. The van der Waals surface area contributed by atoms with Crippen molar-refractivity contribution in [3.8, 4) is 0 Å². The highest BCUT2D eigenvalue weighted by Gasteiger charge is 2.35. The van der Waals surface area contributed by atoms with E-state index < -0.39 is 23.5 Å². The fourth-order valence-electron chi connectivity index (χ4n) is 3.83. The van der Waals surface area contributed by atoms with Crippen molar-refractivity contribution in [2.24, 2.45) is 0 Å². The summed E-state index contributed by atoms with van der Waals surface area (Å²) in [4.78, 5) is 24.4. The maximum absolute atomic E-state index is 13.6. The molecule has 9 nitrogen and oxygen atoms in total. The molecule has 36 heavy (non-hydrogen) atoms. The molecule has 1 aliphatic heterocycles. The van der Waals surface area contributed by atoms with Crippen LogP contribution in [0.1, 0.15) is 15.9 Å². The summed E-state index contributed by atoms with van der Waals surface area (Å²) >= 11 is 1.09. The minimum Gasteiger partial charge on any atom is -0.395 e. The topological polar surface area (TPSA) is 106 Å². The van der Waals surface area contributed by atoms with Gasteiger partial charge in [-0.1, -0.05) is 0 Å². The molecule has 2 aromatic heterocycles. The quantitative estimate of drug-likeness (QED) is 0.357. The van der Waals surface area contributed by atoms with Crippen LogP contribution >= 0.6 is 11.3 Å². The van der Waals surface area contributed by atoms with E-state index in [0.29, 0.717) is 18.4 Å². The number of alkyl halides is 3. The van der Waals surface area contributed by atoms with Crippen molar-refractivity contribution in [2.75, 3.05) is 61.9 Å². The monoisotopic (exact) mass is 521 g/mol. The number of aliphatic hydroxyl groups excluding tert-OH is 1. The Morgan fingerprint density at radius 1 is 1.11 bits per heavy atom. The molecule has 3 aromatic rings. The van der Waals surface area contributed by atoms with Gasteiger partial charge in [0.05, 0.1) is 12.2 Å². The van der Waals surface area contributed by atoms with Crippen molar-refractivity contribution in [1.82, 2.24) is 20.2 Å². The summed E-state index contributed by atoms with van der Waals surface area (Å²) in [5.74, 6) is -0.895. The molecule has 1 amide bonds. The number of aliphatic hydroxyl groups is 1. The molecule has 0 saturated carbocycles. The Kier molecular flexibility index (Phi) is 7.91. The highest BCUT2D eigenvalue weighted by atomic mass is 32.1. The summed E-state index contributed by atoms with van der Waals surface area (Å²) in [6.45, 7) is 4.21. The zero-order chi connectivity index (χ0) is 25.7. The highest BCUT2D eigenvalue weighted by Crippen LogP contribution is 2.37. The highest BCUT2D eigenvalue weighted by molar-refractivity contribution is 7.14. The van der Waals surface area contributed by atoms with E-state index in [-0.39, 0.29) is 23.1 Å². The van der Waals surface area contributed by atoms with E-state index in [4.69, 9.17) is 5.11 Å². The van der Waals surface area contributed by atoms with E-state index in [1.54, 1.807) is 5.38 Å². The first-order valence-corrected chi connectivity index (χ1v) is 12.1. The van der Waals surface area contributed by atoms with Gasteiger partial charge in [-0.15, -0.1) is 11.3 Å². The van der Waals surface area contributed by atoms with Crippen LogP contribution in [0.4, 0.5) is 41.3 Å². The lowest BCUT2D eigenvalue weighted by Gasteiger charge is -2.35. The average Bonchev–Trinajstić information content (AvgIpc) is 3.32. The van der Waals surface area contributed by atoms with Gasteiger partial charge in [-0.05, 0) is 35.7 Å². The van der Waals surface area contributed by atoms with Crippen LogP contribution in [0, 0.1) is 0 Å². The lowest BCUT2D eigenvalue weighted by molar-refractivity contribution is -0.137. The molecule has 4 rings (SSSR count). The van der Waals surface area contributed by atoms with Crippen LogP contribution in [0.2, 0.25) is 0 Å². The first kappa shape index (κ1) is 25.7. The van der Waals surface area contributed by atoms with Gasteiger partial charge in [0.15, 0.2) is 0 Å². The fraction of sp³-hybridized carbons (Fsp3) is 0.348. The number of carbonyl (C=O) groups is 1. The Morgan fingerprint density at radius 2 is 1.83 bits per heavy atom. The molecule has 0 atom stereocenters. The summed E-state index contributed by atoms with van der Waals surface area (Å²) in [6.07, 6.45) is -3.97. The van der Waals surface area contributed by atoms with Gasteiger partial charge in [-0.2, -0.15) is 18.2 Å². The van der Waals surface area contributed by atoms with Crippen LogP contribution in [0.25, 0.3) is 0 Å². The van der Waals surface area contributed by atoms with Crippen LogP contribution in [-0.4, -0.2) is 72.3 Å². The number of nitrogens with zero attached hydrogens (tertiary/aromatic N) is 4. The number of hydrogen-bond donors (Lipinski definition) is 4. The Hall–Kier alpha value is -3.42. The number of piperazine rings is 1. The van der Waals surface area contributed by atoms with Gasteiger partial charge in [0.2, 0.25) is 5.95 Å². The van der Waals surface area contributed by atoms with Crippen LogP contribution < -0.4 is 20.9 Å². The third-order valence-electron chi connectivity index (χ3n) is 5.74. The van der Waals surface area contributed by atoms with Gasteiger partial charge in [-0.3, -0.25) is 9.69 Å². The first-order valence-electron chi connectivity index (χ1n) is 11.2. The number of halogens is 3. The Bertz CT molecular complexity index is 1180. The maximum atomic E-state index is 13.6. The lowest BCUT2D eigenvalue weighted by Crippen LogP contribution is -2.47. The molecule has 4 N–H and O–H groups in total. The van der Waals surface area contributed by atoms with E-state index in [2.05, 4.69) is 35.7 Å². The van der Waals surface area contributed by atoms with Gasteiger partial charge in [-0.25, -0.2) is 4.98 Å². The second kappa shape index (κ2) is 11.1. The molecule has 1 aliphatic rings. The predicted molar refractivity (Wildman–Crippen MR) is 133 cm³/mol. The Balaban J connectivity index is 1.50. The van der Waals surface area contributed by atoms with Crippen molar-refractivity contribution in [3.05, 3.63) is 53.0 Å². The lowest BCUT2D eigenvalue weighted by atomic mass is 10.2. The number of nitrogens with one attached hydrogen (secondary N) is 3. The second-order valence-electron chi connectivity index (χ2n) is 8.05. The van der Waals surface area contributed by atoms with Crippen LogP contribution in [0.3, 0.4) is 0 Å². The summed E-state index contributed by atoms with van der Waals surface area (Å²) < 4.78 is 40.8. The van der Waals surface area contributed by atoms with Crippen molar-refractivity contribution in [2.45, 2.75) is 6.18 Å². The minimum absolute atomic E-state index is 0.0195. The molecule has 1 fully saturated rings. The smallest absolute Gasteiger partial charge is 0.395 e. The summed E-state index contributed by atoms with van der Waals surface area (Å²) in [5, 5.41) is 19.0. The van der Waals surface area contributed by atoms with E-state index in [1.807, 2.05) is 24.3 Å². The van der Waals surface area contributed by atoms with Gasteiger partial charge in [0.1, 0.15) is 16.4 Å². The standard InChI is InChI=1S/C23H26F3N7O2S/c1-27-20(35)17-6-13-36-21(17)30-19-18(23(24,25)26)14-28-22(31-19)29-15-2-4-16(5-3-15)33-9-7-32(8-10-33)11-12-34/h2-6,13-14,34H,7-12H2,1H3,(H,27,35)(H2,28,29,30,31). The van der Waals surface area contributed by atoms with E-state index >= 15 is 0 Å². The molecule has 0 aliphatic carbocycles.